The Morgan fingerprint density at radius 3 is 2.50 bits per heavy atom. The molecule has 2 aromatic carbocycles. The van der Waals surface area contributed by atoms with Gasteiger partial charge in [-0.25, -0.2) is 0 Å². The fourth-order valence-corrected chi connectivity index (χ4v) is 2.24. The van der Waals surface area contributed by atoms with Gasteiger partial charge in [-0.15, -0.1) is 0 Å². The Kier molecular flexibility index (Phi) is 7.95. The molecule has 8 heteroatoms. The molecule has 2 amide bonds. The van der Waals surface area contributed by atoms with Crippen LogP contribution in [0.4, 0.5) is 8.78 Å². The summed E-state index contributed by atoms with van der Waals surface area (Å²) in [5, 5.41) is 5.09. The second-order valence-electron chi connectivity index (χ2n) is 5.60. The largest absolute Gasteiger partial charge is 0.493 e. The van der Waals surface area contributed by atoms with E-state index in [1.807, 2.05) is 30.3 Å². The van der Waals surface area contributed by atoms with Gasteiger partial charge < -0.3 is 20.1 Å². The second-order valence-corrected chi connectivity index (χ2v) is 5.60. The van der Waals surface area contributed by atoms with Gasteiger partial charge in [0.1, 0.15) is 0 Å². The zero-order valence-corrected chi connectivity index (χ0v) is 15.2. The lowest BCUT2D eigenvalue weighted by atomic mass is 10.2. The third-order valence-electron chi connectivity index (χ3n) is 3.58. The van der Waals surface area contributed by atoms with Crippen LogP contribution in [0.15, 0.2) is 54.6 Å². The SMILES string of the molecule is COc1cc(CNC(=O)CNC(=O)/C=C/c2ccccc2)ccc1OC(F)F. The summed E-state index contributed by atoms with van der Waals surface area (Å²) in [6.45, 7) is -3.01. The Labute approximate surface area is 161 Å². The number of carbonyl (C=O) groups is 2. The van der Waals surface area contributed by atoms with Crippen molar-refractivity contribution in [3.63, 3.8) is 0 Å². The fourth-order valence-electron chi connectivity index (χ4n) is 2.24. The second kappa shape index (κ2) is 10.7. The molecule has 0 aliphatic rings. The third kappa shape index (κ3) is 7.06. The Morgan fingerprint density at radius 2 is 1.82 bits per heavy atom. The number of benzene rings is 2. The monoisotopic (exact) mass is 390 g/mol. The average Bonchev–Trinajstić information content (AvgIpc) is 2.70. The number of methoxy groups -OCH3 is 1. The molecular weight excluding hydrogens is 370 g/mol. The molecule has 0 aromatic heterocycles. The van der Waals surface area contributed by atoms with Crippen LogP contribution in [0, 0.1) is 0 Å². The smallest absolute Gasteiger partial charge is 0.387 e. The van der Waals surface area contributed by atoms with Crippen molar-refractivity contribution in [3.05, 3.63) is 65.7 Å². The van der Waals surface area contributed by atoms with Crippen molar-refractivity contribution in [2.24, 2.45) is 0 Å². The number of ether oxygens (including phenoxy) is 2. The van der Waals surface area contributed by atoms with Gasteiger partial charge in [-0.2, -0.15) is 8.78 Å². The molecule has 0 spiro atoms. The molecule has 148 valence electrons. The number of halogens is 2. The van der Waals surface area contributed by atoms with E-state index >= 15 is 0 Å². The first-order chi connectivity index (χ1) is 13.5. The van der Waals surface area contributed by atoms with E-state index in [0.29, 0.717) is 5.56 Å². The maximum atomic E-state index is 12.3. The quantitative estimate of drug-likeness (QED) is 0.646. The Bertz CT molecular complexity index is 826. The number of nitrogens with one attached hydrogen (secondary N) is 2. The lowest BCUT2D eigenvalue weighted by molar-refractivity contribution is -0.124. The van der Waals surface area contributed by atoms with Crippen molar-refractivity contribution in [2.75, 3.05) is 13.7 Å². The lowest BCUT2D eigenvalue weighted by Gasteiger charge is -2.12. The first kappa shape index (κ1) is 20.9. The zero-order valence-electron chi connectivity index (χ0n) is 15.2. The van der Waals surface area contributed by atoms with Gasteiger partial charge in [-0.3, -0.25) is 9.59 Å². The minimum absolute atomic E-state index is 0.0926. The van der Waals surface area contributed by atoms with E-state index in [1.165, 1.54) is 31.4 Å². The number of alkyl halides is 2. The molecule has 28 heavy (non-hydrogen) atoms. The molecule has 0 aliphatic heterocycles. The predicted molar refractivity (Wildman–Crippen MR) is 100.0 cm³/mol. The average molecular weight is 390 g/mol. The first-order valence-electron chi connectivity index (χ1n) is 8.37. The van der Waals surface area contributed by atoms with Crippen LogP contribution in [0.25, 0.3) is 6.08 Å². The molecule has 0 fully saturated rings. The highest BCUT2D eigenvalue weighted by molar-refractivity contribution is 5.94. The van der Waals surface area contributed by atoms with Crippen LogP contribution in [0.1, 0.15) is 11.1 Å². The van der Waals surface area contributed by atoms with Gasteiger partial charge in [-0.05, 0) is 29.3 Å². The molecule has 0 saturated carbocycles. The standard InChI is InChI=1S/C20H20F2N2O4/c1-27-17-11-15(7-9-16(17)28-20(21)22)12-23-19(26)13-24-18(25)10-8-14-5-3-2-4-6-14/h2-11,20H,12-13H2,1H3,(H,23,26)(H,24,25)/b10-8+. The number of rotatable bonds is 9. The van der Waals surface area contributed by atoms with Crippen LogP contribution in [-0.4, -0.2) is 32.1 Å². The Morgan fingerprint density at radius 1 is 1.07 bits per heavy atom. The summed E-state index contributed by atoms with van der Waals surface area (Å²) >= 11 is 0. The van der Waals surface area contributed by atoms with Gasteiger partial charge in [0.15, 0.2) is 11.5 Å². The van der Waals surface area contributed by atoms with E-state index in [0.717, 1.165) is 5.56 Å². The number of carbonyl (C=O) groups excluding carboxylic acids is 2. The number of hydrogen-bond acceptors (Lipinski definition) is 4. The van der Waals surface area contributed by atoms with E-state index in [2.05, 4.69) is 15.4 Å². The van der Waals surface area contributed by atoms with Gasteiger partial charge >= 0.3 is 6.61 Å². The van der Waals surface area contributed by atoms with E-state index in [4.69, 9.17) is 4.74 Å². The van der Waals surface area contributed by atoms with Crippen LogP contribution >= 0.6 is 0 Å². The molecule has 0 saturated heterocycles. The van der Waals surface area contributed by atoms with Gasteiger partial charge in [-0.1, -0.05) is 36.4 Å². The van der Waals surface area contributed by atoms with Crippen molar-refractivity contribution in [3.8, 4) is 11.5 Å². The van der Waals surface area contributed by atoms with Crippen LogP contribution < -0.4 is 20.1 Å². The summed E-state index contributed by atoms with van der Waals surface area (Å²) in [6, 6.07) is 13.6. The van der Waals surface area contributed by atoms with Crippen molar-refractivity contribution in [1.82, 2.24) is 10.6 Å². The molecule has 6 nitrogen and oxygen atoms in total. The van der Waals surface area contributed by atoms with E-state index in [9.17, 15) is 18.4 Å². The van der Waals surface area contributed by atoms with Crippen LogP contribution in [0.5, 0.6) is 11.5 Å². The van der Waals surface area contributed by atoms with Crippen molar-refractivity contribution in [1.29, 1.82) is 0 Å². The van der Waals surface area contributed by atoms with Crippen molar-refractivity contribution < 1.29 is 27.8 Å². The normalized spacial score (nSPS) is 10.7. The minimum Gasteiger partial charge on any atom is -0.493 e. The molecule has 2 N–H and O–H groups in total. The van der Waals surface area contributed by atoms with Crippen LogP contribution in [-0.2, 0) is 16.1 Å². The maximum absolute atomic E-state index is 12.3. The van der Waals surface area contributed by atoms with Crippen molar-refractivity contribution >= 4 is 17.9 Å². The van der Waals surface area contributed by atoms with Gasteiger partial charge in [0, 0.05) is 12.6 Å². The summed E-state index contributed by atoms with van der Waals surface area (Å²) in [6.07, 6.45) is 2.98. The zero-order chi connectivity index (χ0) is 20.4. The van der Waals surface area contributed by atoms with Crippen molar-refractivity contribution in [2.45, 2.75) is 13.2 Å². The molecule has 0 radical (unpaired) electrons. The molecule has 0 heterocycles. The van der Waals surface area contributed by atoms with E-state index < -0.39 is 18.4 Å². The molecule has 0 aliphatic carbocycles. The highest BCUT2D eigenvalue weighted by Gasteiger charge is 2.11. The summed E-state index contributed by atoms with van der Waals surface area (Å²) in [5.41, 5.74) is 1.50. The Hall–Kier alpha value is -3.42. The molecule has 2 aromatic rings. The predicted octanol–water partition coefficient (Wildman–Crippen LogP) is 2.74. The van der Waals surface area contributed by atoms with E-state index in [-0.39, 0.29) is 24.6 Å². The van der Waals surface area contributed by atoms with Crippen LogP contribution in [0.2, 0.25) is 0 Å². The van der Waals surface area contributed by atoms with E-state index in [1.54, 1.807) is 6.08 Å². The summed E-state index contributed by atoms with van der Waals surface area (Å²) < 4.78 is 34.0. The number of hydrogen-bond donors (Lipinski definition) is 2. The Balaban J connectivity index is 1.79. The summed E-state index contributed by atoms with van der Waals surface area (Å²) in [4.78, 5) is 23.6. The van der Waals surface area contributed by atoms with Gasteiger partial charge in [0.2, 0.25) is 11.8 Å². The lowest BCUT2D eigenvalue weighted by Crippen LogP contribution is -2.35. The first-order valence-corrected chi connectivity index (χ1v) is 8.37. The topological polar surface area (TPSA) is 76.7 Å². The maximum Gasteiger partial charge on any atom is 0.387 e. The fraction of sp³-hybridized carbons (Fsp3) is 0.200. The summed E-state index contributed by atoms with van der Waals surface area (Å²) in [7, 11) is 1.33. The molecule has 0 bridgehead atoms. The molecule has 0 unspecified atom stereocenters. The highest BCUT2D eigenvalue weighted by Crippen LogP contribution is 2.29. The van der Waals surface area contributed by atoms with Gasteiger partial charge in [0.05, 0.1) is 13.7 Å². The molecule has 2 rings (SSSR count). The van der Waals surface area contributed by atoms with Crippen LogP contribution in [0.3, 0.4) is 0 Å². The number of amides is 2. The minimum atomic E-state index is -2.96. The molecule has 0 atom stereocenters. The van der Waals surface area contributed by atoms with Gasteiger partial charge in [0.25, 0.3) is 0 Å². The molecular formula is C20H20F2N2O4. The third-order valence-corrected chi connectivity index (χ3v) is 3.58. The highest BCUT2D eigenvalue weighted by atomic mass is 19.3. The summed E-state index contributed by atoms with van der Waals surface area (Å²) in [5.74, 6) is -0.751.